The number of para-hydroxylation sites is 1. The Balaban J connectivity index is 1.10. The van der Waals surface area contributed by atoms with Crippen LogP contribution in [0.3, 0.4) is 0 Å². The third-order valence-corrected chi connectivity index (χ3v) is 9.71. The molecule has 4 heterocycles. The highest BCUT2D eigenvalue weighted by molar-refractivity contribution is 7.99. The van der Waals surface area contributed by atoms with Crippen LogP contribution in [0.4, 0.5) is 0 Å². The van der Waals surface area contributed by atoms with Gasteiger partial charge >= 0.3 is 5.97 Å². The molecular weight excluding hydrogens is 566 g/mol. The Bertz CT molecular complexity index is 1500. The molecule has 2 aliphatic heterocycles. The molecule has 226 valence electrons. The number of carbonyl (C=O) groups excluding carboxylic acids is 2. The molecule has 1 saturated carbocycles. The Labute approximate surface area is 255 Å². The molecule has 0 radical (unpaired) electrons. The second-order valence-corrected chi connectivity index (χ2v) is 12.7. The summed E-state index contributed by atoms with van der Waals surface area (Å²) in [4.78, 5) is 52.1. The van der Waals surface area contributed by atoms with Gasteiger partial charge in [-0.2, -0.15) is 0 Å². The van der Waals surface area contributed by atoms with Crippen LogP contribution in [0.2, 0.25) is 0 Å². The zero-order valence-corrected chi connectivity index (χ0v) is 25.3. The Morgan fingerprint density at radius 1 is 1.05 bits per heavy atom. The monoisotopic (exact) mass is 603 g/mol. The van der Waals surface area contributed by atoms with Crippen LogP contribution in [0.15, 0.2) is 58.6 Å². The fraction of sp³-hybridized carbons (Fsp3) is 0.469. The van der Waals surface area contributed by atoms with Crippen LogP contribution < -0.4 is 10.3 Å². The number of hydrogen-bond acceptors (Lipinski definition) is 9. The van der Waals surface area contributed by atoms with E-state index in [1.807, 2.05) is 41.3 Å². The summed E-state index contributed by atoms with van der Waals surface area (Å²) in [6.07, 6.45) is 8.35. The minimum Gasteiger partial charge on any atom is -0.466 e. The number of rotatable bonds is 9. The summed E-state index contributed by atoms with van der Waals surface area (Å²) in [5.74, 6) is -0.104. The van der Waals surface area contributed by atoms with E-state index in [1.54, 1.807) is 28.6 Å². The van der Waals surface area contributed by atoms with Crippen molar-refractivity contribution in [2.45, 2.75) is 62.0 Å². The Kier molecular flexibility index (Phi) is 9.08. The van der Waals surface area contributed by atoms with Gasteiger partial charge in [-0.15, -0.1) is 0 Å². The summed E-state index contributed by atoms with van der Waals surface area (Å²) in [6.45, 7) is 2.68. The van der Waals surface area contributed by atoms with E-state index < -0.39 is 5.97 Å². The highest BCUT2D eigenvalue weighted by Crippen LogP contribution is 2.34. The minimum atomic E-state index is -0.462. The number of hydrogen-bond donors (Lipinski definition) is 0. The summed E-state index contributed by atoms with van der Waals surface area (Å²) in [7, 11) is 1.31. The molecule has 1 aromatic carbocycles. The van der Waals surface area contributed by atoms with Gasteiger partial charge in [-0.25, -0.2) is 14.8 Å². The number of nitrogens with zero attached hydrogens (tertiary/aromatic N) is 5. The molecule has 2 fully saturated rings. The first-order valence-corrected chi connectivity index (χ1v) is 15.9. The maximum Gasteiger partial charge on any atom is 0.343 e. The van der Waals surface area contributed by atoms with E-state index in [-0.39, 0.29) is 24.0 Å². The lowest BCUT2D eigenvalue weighted by atomic mass is 9.96. The SMILES string of the molecule is COC(=O)COc1ccc(CN2CC(C(=O)N3CCc4nc(SC5CCCCC5)n(-c5ccccc5)c(=O)c4C3)C2)cn1. The van der Waals surface area contributed by atoms with Crippen molar-refractivity contribution >= 4 is 23.6 Å². The smallest absolute Gasteiger partial charge is 0.343 e. The molecule has 0 atom stereocenters. The number of thioether (sulfide) groups is 1. The lowest BCUT2D eigenvalue weighted by Crippen LogP contribution is -2.55. The molecule has 0 N–H and O–H groups in total. The molecule has 43 heavy (non-hydrogen) atoms. The second-order valence-electron chi connectivity index (χ2n) is 11.4. The van der Waals surface area contributed by atoms with Gasteiger partial charge in [0.15, 0.2) is 11.8 Å². The van der Waals surface area contributed by atoms with Gasteiger partial charge in [0.2, 0.25) is 11.8 Å². The van der Waals surface area contributed by atoms with E-state index in [0.29, 0.717) is 55.8 Å². The van der Waals surface area contributed by atoms with Crippen molar-refractivity contribution in [2.24, 2.45) is 5.92 Å². The lowest BCUT2D eigenvalue weighted by molar-refractivity contribution is -0.143. The third kappa shape index (κ3) is 6.78. The van der Waals surface area contributed by atoms with Gasteiger partial charge in [-0.1, -0.05) is 55.3 Å². The lowest BCUT2D eigenvalue weighted by Gasteiger charge is -2.41. The van der Waals surface area contributed by atoms with Crippen molar-refractivity contribution in [2.75, 3.05) is 33.4 Å². The molecule has 0 bridgehead atoms. The molecule has 6 rings (SSSR count). The summed E-state index contributed by atoms with van der Waals surface area (Å²) in [5.41, 5.74) is 3.22. The molecule has 1 aliphatic carbocycles. The summed E-state index contributed by atoms with van der Waals surface area (Å²) in [6, 6.07) is 13.4. The number of pyridine rings is 1. The minimum absolute atomic E-state index is 0.0613. The molecule has 1 saturated heterocycles. The van der Waals surface area contributed by atoms with Crippen molar-refractivity contribution in [1.82, 2.24) is 24.3 Å². The van der Waals surface area contributed by atoms with Crippen molar-refractivity contribution in [3.8, 4) is 11.6 Å². The van der Waals surface area contributed by atoms with Crippen molar-refractivity contribution in [3.05, 3.63) is 75.8 Å². The van der Waals surface area contributed by atoms with E-state index >= 15 is 0 Å². The highest BCUT2D eigenvalue weighted by atomic mass is 32.2. The topological polar surface area (TPSA) is 107 Å². The number of ether oxygens (including phenoxy) is 2. The summed E-state index contributed by atoms with van der Waals surface area (Å²) < 4.78 is 11.6. The second kappa shape index (κ2) is 13.3. The zero-order valence-electron chi connectivity index (χ0n) is 24.4. The number of esters is 1. The van der Waals surface area contributed by atoms with Crippen LogP contribution >= 0.6 is 11.8 Å². The van der Waals surface area contributed by atoms with E-state index in [9.17, 15) is 14.4 Å². The molecule has 1 amide bonds. The van der Waals surface area contributed by atoms with E-state index in [0.717, 1.165) is 34.9 Å². The average molecular weight is 604 g/mol. The van der Waals surface area contributed by atoms with Gasteiger partial charge in [0, 0.05) is 50.1 Å². The zero-order chi connectivity index (χ0) is 29.8. The first-order chi connectivity index (χ1) is 21.0. The fourth-order valence-electron chi connectivity index (χ4n) is 6.01. The van der Waals surface area contributed by atoms with Crippen molar-refractivity contribution in [3.63, 3.8) is 0 Å². The number of likely N-dealkylation sites (tertiary alicyclic amines) is 1. The van der Waals surface area contributed by atoms with Crippen LogP contribution in [-0.2, 0) is 33.8 Å². The maximum atomic E-state index is 14.0. The van der Waals surface area contributed by atoms with Crippen LogP contribution in [0.5, 0.6) is 5.88 Å². The summed E-state index contributed by atoms with van der Waals surface area (Å²) in [5, 5.41) is 1.25. The van der Waals surface area contributed by atoms with Crippen molar-refractivity contribution in [1.29, 1.82) is 0 Å². The molecule has 10 nitrogen and oxygen atoms in total. The van der Waals surface area contributed by atoms with Crippen LogP contribution in [0, 0.1) is 5.92 Å². The Morgan fingerprint density at radius 2 is 1.84 bits per heavy atom. The van der Waals surface area contributed by atoms with Crippen LogP contribution in [-0.4, -0.2) is 74.8 Å². The molecule has 3 aliphatic rings. The Morgan fingerprint density at radius 3 is 2.56 bits per heavy atom. The maximum absolute atomic E-state index is 14.0. The fourth-order valence-corrected chi connectivity index (χ4v) is 7.34. The van der Waals surface area contributed by atoms with Crippen LogP contribution in [0.25, 0.3) is 5.69 Å². The number of carbonyl (C=O) groups is 2. The van der Waals surface area contributed by atoms with Gasteiger partial charge < -0.3 is 14.4 Å². The van der Waals surface area contributed by atoms with Gasteiger partial charge in [0.25, 0.3) is 5.56 Å². The standard InChI is InChI=1S/C32H37N5O5S/c1-41-29(38)21-42-28-13-12-22(16-33-28)17-35-18-23(19-35)30(39)36-15-14-27-26(20-36)31(40)37(24-8-4-2-5-9-24)32(34-27)43-25-10-6-3-7-11-25/h2,4-5,8-9,12-13,16,23,25H,3,6-7,10-11,14-15,17-21H2,1H3. The molecule has 11 heteroatoms. The number of benzene rings is 1. The summed E-state index contributed by atoms with van der Waals surface area (Å²) >= 11 is 1.74. The molecule has 0 unspecified atom stereocenters. The number of aromatic nitrogens is 3. The first-order valence-electron chi connectivity index (χ1n) is 15.0. The molecule has 3 aromatic rings. The predicted molar refractivity (Wildman–Crippen MR) is 162 cm³/mol. The first kappa shape index (κ1) is 29.4. The van der Waals surface area contributed by atoms with E-state index in [4.69, 9.17) is 9.72 Å². The number of fused-ring (bicyclic) bond motifs is 1. The van der Waals surface area contributed by atoms with Crippen molar-refractivity contribution < 1.29 is 19.1 Å². The average Bonchev–Trinajstić information content (AvgIpc) is 3.02. The Hall–Kier alpha value is -3.70. The predicted octanol–water partition coefficient (Wildman–Crippen LogP) is 3.62. The van der Waals surface area contributed by atoms with Gasteiger partial charge in [-0.3, -0.25) is 19.1 Å². The van der Waals surface area contributed by atoms with Gasteiger partial charge in [0.05, 0.1) is 36.5 Å². The van der Waals surface area contributed by atoms with E-state index in [2.05, 4.69) is 14.6 Å². The van der Waals surface area contributed by atoms with Gasteiger partial charge in [0.1, 0.15) is 0 Å². The number of methoxy groups -OCH3 is 1. The van der Waals surface area contributed by atoms with E-state index in [1.165, 1.54) is 26.4 Å². The third-order valence-electron chi connectivity index (χ3n) is 8.43. The highest BCUT2D eigenvalue weighted by Gasteiger charge is 2.37. The molecular formula is C32H37N5O5S. The largest absolute Gasteiger partial charge is 0.466 e. The quantitative estimate of drug-likeness (QED) is 0.268. The van der Waals surface area contributed by atoms with Gasteiger partial charge in [-0.05, 0) is 30.5 Å². The van der Waals surface area contributed by atoms with Crippen LogP contribution in [0.1, 0.15) is 48.9 Å². The molecule has 0 spiro atoms. The molecule has 2 aromatic heterocycles. The normalized spacial score (nSPS) is 17.7. The number of amides is 1.